The fourth-order valence-electron chi connectivity index (χ4n) is 4.77. The Hall–Kier alpha value is -3.84. The van der Waals surface area contributed by atoms with Crippen LogP contribution in [0.15, 0.2) is 54.2 Å². The number of urea groups is 1. The summed E-state index contributed by atoms with van der Waals surface area (Å²) in [6.07, 6.45) is 3.34. The minimum absolute atomic E-state index is 0.215. The Morgan fingerprint density at radius 2 is 1.84 bits per heavy atom. The predicted octanol–water partition coefficient (Wildman–Crippen LogP) is 4.10. The molecule has 1 atom stereocenters. The Bertz CT molecular complexity index is 1230. The van der Waals surface area contributed by atoms with E-state index in [0.717, 1.165) is 24.2 Å². The van der Waals surface area contributed by atoms with Crippen molar-refractivity contribution < 1.29 is 22.8 Å². The number of carbonyl (C=O) groups is 2. The van der Waals surface area contributed by atoms with Crippen molar-refractivity contribution in [2.45, 2.75) is 30.8 Å². The lowest BCUT2D eigenvalue weighted by Gasteiger charge is -2.34. The van der Waals surface area contributed by atoms with Crippen LogP contribution in [0.5, 0.6) is 0 Å². The van der Waals surface area contributed by atoms with Crippen molar-refractivity contribution in [1.82, 2.24) is 20.4 Å². The fourth-order valence-corrected chi connectivity index (χ4v) is 4.77. The van der Waals surface area contributed by atoms with Gasteiger partial charge in [0.15, 0.2) is 11.6 Å². The number of piperidine rings is 1. The molecule has 0 spiro atoms. The molecule has 2 aromatic rings. The molecule has 2 N–H and O–H groups in total. The fraction of sp³-hybridized carbons (Fsp3) is 0.370. The molecule has 7 nitrogen and oxygen atoms in total. The molecule has 0 saturated carbocycles. The van der Waals surface area contributed by atoms with Gasteiger partial charge >= 0.3 is 6.03 Å². The third-order valence-corrected chi connectivity index (χ3v) is 6.99. The quantitative estimate of drug-likeness (QED) is 0.435. The van der Waals surface area contributed by atoms with Gasteiger partial charge in [-0.15, -0.1) is 0 Å². The number of halogens is 3. The Kier molecular flexibility index (Phi) is 7.83. The van der Waals surface area contributed by atoms with Crippen molar-refractivity contribution in [1.29, 1.82) is 0 Å². The summed E-state index contributed by atoms with van der Waals surface area (Å²) in [5, 5.41) is 5.50. The number of nitrogens with one attached hydrogen (secondary N) is 2. The first-order chi connectivity index (χ1) is 17.7. The zero-order valence-corrected chi connectivity index (χ0v) is 20.4. The Morgan fingerprint density at radius 3 is 2.49 bits per heavy atom. The summed E-state index contributed by atoms with van der Waals surface area (Å²) in [6.45, 7) is 10.3. The van der Waals surface area contributed by atoms with E-state index in [1.807, 2.05) is 0 Å². The minimum Gasteiger partial charge on any atom is -0.352 e. The summed E-state index contributed by atoms with van der Waals surface area (Å²) in [5.41, 5.74) is 0.674. The van der Waals surface area contributed by atoms with Crippen LogP contribution in [-0.2, 0) is 10.3 Å². The van der Waals surface area contributed by atoms with E-state index in [1.54, 1.807) is 12.1 Å². The maximum atomic E-state index is 13.8. The van der Waals surface area contributed by atoms with E-state index < -0.39 is 35.2 Å². The Labute approximate surface area is 213 Å². The standard InChI is InChI=1S/C27H28F3N5O2/c1-31-27(19-5-7-20(28)8-6-19)10-14-35(15-11-27)13-3-12-32-25(36)21-17-34(2)26(37)33-24(21)18-4-9-22(29)23(30)16-18/h4-9,16-17,24H,3,10-15H2,2H3,(H,32,36)(H,33,37). The van der Waals surface area contributed by atoms with Gasteiger partial charge in [0.1, 0.15) is 5.82 Å². The van der Waals surface area contributed by atoms with E-state index >= 15 is 0 Å². The largest absolute Gasteiger partial charge is 0.352 e. The molecule has 2 aliphatic heterocycles. The lowest BCUT2D eigenvalue weighted by atomic mass is 9.81. The number of rotatable bonds is 7. The smallest absolute Gasteiger partial charge is 0.321 e. The molecule has 194 valence electrons. The van der Waals surface area contributed by atoms with E-state index in [4.69, 9.17) is 6.57 Å². The van der Waals surface area contributed by atoms with Crippen molar-refractivity contribution in [2.75, 3.05) is 33.2 Å². The number of benzene rings is 2. The summed E-state index contributed by atoms with van der Waals surface area (Å²) in [6, 6.07) is 8.04. The van der Waals surface area contributed by atoms with Gasteiger partial charge in [0, 0.05) is 51.3 Å². The minimum atomic E-state index is -1.06. The van der Waals surface area contributed by atoms with Crippen LogP contribution < -0.4 is 10.6 Å². The average molecular weight is 512 g/mol. The van der Waals surface area contributed by atoms with E-state index in [0.29, 0.717) is 38.9 Å². The average Bonchev–Trinajstić information content (AvgIpc) is 2.90. The molecule has 1 fully saturated rings. The number of hydrogen-bond donors (Lipinski definition) is 2. The van der Waals surface area contributed by atoms with E-state index in [-0.39, 0.29) is 17.0 Å². The number of nitrogens with zero attached hydrogens (tertiary/aromatic N) is 3. The van der Waals surface area contributed by atoms with E-state index in [9.17, 15) is 22.8 Å². The molecule has 10 heteroatoms. The van der Waals surface area contributed by atoms with Crippen LogP contribution in [-0.4, -0.2) is 55.0 Å². The van der Waals surface area contributed by atoms with Crippen LogP contribution in [0.2, 0.25) is 0 Å². The number of carbonyl (C=O) groups excluding carboxylic acids is 2. The van der Waals surface area contributed by atoms with Crippen molar-refractivity contribution in [3.63, 3.8) is 0 Å². The van der Waals surface area contributed by atoms with Gasteiger partial charge in [-0.2, -0.15) is 0 Å². The highest BCUT2D eigenvalue weighted by Crippen LogP contribution is 2.37. The molecular formula is C27H28F3N5O2. The SMILES string of the molecule is [C-]#[N+]C1(c2ccc(F)cc2)CCN(CCCNC(=O)C2=CN(C)C(=O)NC2c2ccc(F)c(F)c2)CC1. The molecule has 4 rings (SSSR count). The third-order valence-electron chi connectivity index (χ3n) is 6.99. The van der Waals surface area contributed by atoms with Crippen LogP contribution >= 0.6 is 0 Å². The van der Waals surface area contributed by atoms with Gasteiger partial charge in [0.2, 0.25) is 0 Å². The summed E-state index contributed by atoms with van der Waals surface area (Å²) >= 11 is 0. The topological polar surface area (TPSA) is 69.0 Å². The number of hydrogen-bond acceptors (Lipinski definition) is 3. The van der Waals surface area contributed by atoms with E-state index in [1.165, 1.54) is 36.3 Å². The summed E-state index contributed by atoms with van der Waals surface area (Å²) < 4.78 is 40.5. The molecule has 0 radical (unpaired) electrons. The first-order valence-corrected chi connectivity index (χ1v) is 12.1. The molecule has 0 aliphatic carbocycles. The molecule has 2 aromatic carbocycles. The predicted molar refractivity (Wildman–Crippen MR) is 131 cm³/mol. The lowest BCUT2D eigenvalue weighted by Crippen LogP contribution is -2.45. The van der Waals surface area contributed by atoms with Crippen LogP contribution in [0.1, 0.15) is 36.4 Å². The van der Waals surface area contributed by atoms with Crippen molar-refractivity contribution >= 4 is 11.9 Å². The molecule has 1 unspecified atom stereocenters. The second-order valence-electron chi connectivity index (χ2n) is 9.35. The van der Waals surface area contributed by atoms with Gasteiger partial charge in [-0.25, -0.2) is 24.5 Å². The second-order valence-corrected chi connectivity index (χ2v) is 9.35. The first kappa shape index (κ1) is 26.2. The van der Waals surface area contributed by atoms with Gasteiger partial charge in [-0.1, -0.05) is 6.07 Å². The molecule has 0 bridgehead atoms. The molecule has 37 heavy (non-hydrogen) atoms. The van der Waals surface area contributed by atoms with Crippen molar-refractivity contribution in [3.8, 4) is 0 Å². The Balaban J connectivity index is 1.30. The maximum Gasteiger partial charge on any atom is 0.321 e. The number of amides is 3. The van der Waals surface area contributed by atoms with Crippen LogP contribution in [0, 0.1) is 24.0 Å². The van der Waals surface area contributed by atoms with Gasteiger partial charge in [-0.05, 0) is 54.9 Å². The molecule has 1 saturated heterocycles. The van der Waals surface area contributed by atoms with Crippen LogP contribution in [0.3, 0.4) is 0 Å². The zero-order chi connectivity index (χ0) is 26.6. The maximum absolute atomic E-state index is 13.8. The highest BCUT2D eigenvalue weighted by atomic mass is 19.2. The summed E-state index contributed by atoms with van der Waals surface area (Å²) in [7, 11) is 1.50. The van der Waals surface area contributed by atoms with Gasteiger partial charge < -0.3 is 25.3 Å². The van der Waals surface area contributed by atoms with Gasteiger partial charge in [0.25, 0.3) is 11.4 Å². The van der Waals surface area contributed by atoms with Crippen molar-refractivity contribution in [2.24, 2.45) is 0 Å². The molecule has 2 aliphatic rings. The van der Waals surface area contributed by atoms with E-state index in [2.05, 4.69) is 20.4 Å². The summed E-state index contributed by atoms with van der Waals surface area (Å²) in [5.74, 6) is -2.81. The lowest BCUT2D eigenvalue weighted by molar-refractivity contribution is -0.118. The first-order valence-electron chi connectivity index (χ1n) is 12.1. The molecule has 2 heterocycles. The monoisotopic (exact) mass is 511 g/mol. The summed E-state index contributed by atoms with van der Waals surface area (Å²) in [4.78, 5) is 32.4. The second kappa shape index (κ2) is 11.0. The molecule has 0 aromatic heterocycles. The number of likely N-dealkylation sites (tertiary alicyclic amines) is 1. The molecule has 3 amide bonds. The van der Waals surface area contributed by atoms with Gasteiger partial charge in [-0.3, -0.25) is 4.79 Å². The van der Waals surface area contributed by atoms with Crippen LogP contribution in [0.4, 0.5) is 18.0 Å². The highest BCUT2D eigenvalue weighted by molar-refractivity contribution is 5.97. The Morgan fingerprint density at radius 1 is 1.14 bits per heavy atom. The normalized spacial score (nSPS) is 19.5. The zero-order valence-electron chi connectivity index (χ0n) is 20.4. The third kappa shape index (κ3) is 5.78. The van der Waals surface area contributed by atoms with Gasteiger partial charge in [0.05, 0.1) is 11.6 Å². The van der Waals surface area contributed by atoms with Crippen molar-refractivity contribution in [3.05, 3.63) is 94.2 Å². The van der Waals surface area contributed by atoms with Crippen LogP contribution in [0.25, 0.3) is 4.85 Å². The molecular weight excluding hydrogens is 483 g/mol. The highest BCUT2D eigenvalue weighted by Gasteiger charge is 2.42.